The molecular formula is C34H34F2N9O3+. The molecule has 246 valence electrons. The van der Waals surface area contributed by atoms with Gasteiger partial charge in [-0.05, 0) is 56.9 Å². The summed E-state index contributed by atoms with van der Waals surface area (Å²) in [7, 11) is 1.60. The molecule has 5 aromatic rings. The molecule has 5 aromatic heterocycles. The quantitative estimate of drug-likeness (QED) is 0.217. The SMILES string of the molecule is COc1cc(C(=O)[N+]23C4=C2C[C@@H]3[C@H](N)C4)cc2nc(-c3cc4ccc([C@@H](C)NC(=O)c5cnn(C(F)F)c5)nc4n3CC3CC3)c(C)n12. The van der Waals surface area contributed by atoms with Crippen molar-refractivity contribution in [1.82, 2.24) is 34.0 Å². The van der Waals surface area contributed by atoms with Gasteiger partial charge in [-0.2, -0.15) is 18.4 Å². The molecule has 0 bridgehead atoms. The zero-order valence-corrected chi connectivity index (χ0v) is 26.7. The summed E-state index contributed by atoms with van der Waals surface area (Å²) >= 11 is 0. The zero-order chi connectivity index (χ0) is 33.2. The Morgan fingerprint density at radius 3 is 2.58 bits per heavy atom. The third-order valence-corrected chi connectivity index (χ3v) is 10.7. The number of nitrogens with two attached hydrogens (primary N) is 1. The lowest BCUT2D eigenvalue weighted by atomic mass is 9.93. The second-order valence-corrected chi connectivity index (χ2v) is 13.5. The zero-order valence-electron chi connectivity index (χ0n) is 26.7. The van der Waals surface area contributed by atoms with E-state index in [1.165, 1.54) is 11.4 Å². The molecule has 3 fully saturated rings. The number of alkyl halides is 2. The Hall–Kier alpha value is -4.95. The minimum Gasteiger partial charge on any atom is -0.482 e. The van der Waals surface area contributed by atoms with Crippen LogP contribution in [-0.2, 0) is 6.54 Å². The number of rotatable bonds is 9. The number of hydrogen-bond donors (Lipinski definition) is 2. The number of halogens is 2. The molecule has 0 aromatic carbocycles. The van der Waals surface area contributed by atoms with Crippen LogP contribution in [0.4, 0.5) is 8.78 Å². The van der Waals surface area contributed by atoms with Crippen molar-refractivity contribution in [3.8, 4) is 17.3 Å². The summed E-state index contributed by atoms with van der Waals surface area (Å²) in [6.45, 7) is 1.73. The van der Waals surface area contributed by atoms with Gasteiger partial charge in [-0.15, -0.1) is 0 Å². The molecule has 48 heavy (non-hydrogen) atoms. The first-order chi connectivity index (χ1) is 23.1. The van der Waals surface area contributed by atoms with Crippen LogP contribution in [0.5, 0.6) is 5.88 Å². The van der Waals surface area contributed by atoms with Crippen LogP contribution in [0.25, 0.3) is 28.1 Å². The molecule has 2 saturated heterocycles. The van der Waals surface area contributed by atoms with E-state index in [9.17, 15) is 18.4 Å². The van der Waals surface area contributed by atoms with Crippen LogP contribution < -0.4 is 15.8 Å². The Labute approximate surface area is 273 Å². The van der Waals surface area contributed by atoms with Crippen LogP contribution in [0.2, 0.25) is 0 Å². The molecule has 0 spiro atoms. The Morgan fingerprint density at radius 2 is 1.92 bits per heavy atom. The highest BCUT2D eigenvalue weighted by Crippen LogP contribution is 2.67. The highest BCUT2D eigenvalue weighted by atomic mass is 19.3. The minimum absolute atomic E-state index is 0.0205. The molecule has 4 aliphatic rings. The van der Waals surface area contributed by atoms with Gasteiger partial charge in [0, 0.05) is 24.2 Å². The molecule has 3 N–H and O–H groups in total. The number of nitrogens with one attached hydrogen (secondary N) is 1. The van der Waals surface area contributed by atoms with Crippen molar-refractivity contribution in [2.24, 2.45) is 11.7 Å². The largest absolute Gasteiger partial charge is 0.482 e. The Bertz CT molecular complexity index is 2250. The van der Waals surface area contributed by atoms with E-state index in [0.29, 0.717) is 37.9 Å². The highest BCUT2D eigenvalue weighted by Gasteiger charge is 2.80. The fourth-order valence-electron chi connectivity index (χ4n) is 7.93. The number of carbonyl (C=O) groups excluding carboxylic acids is 2. The maximum Gasteiger partial charge on any atom is 0.356 e. The van der Waals surface area contributed by atoms with Gasteiger partial charge in [-0.3, -0.25) is 9.20 Å². The number of hydrogen-bond acceptors (Lipinski definition) is 7. The maximum absolute atomic E-state index is 13.9. The summed E-state index contributed by atoms with van der Waals surface area (Å²) in [5, 5.41) is 7.33. The molecular weight excluding hydrogens is 620 g/mol. The van der Waals surface area contributed by atoms with Crippen molar-refractivity contribution in [1.29, 1.82) is 0 Å². The first kappa shape index (κ1) is 29.2. The molecule has 0 radical (unpaired) electrons. The third kappa shape index (κ3) is 4.02. The van der Waals surface area contributed by atoms with E-state index in [1.54, 1.807) is 14.0 Å². The molecule has 4 atom stereocenters. The third-order valence-electron chi connectivity index (χ3n) is 10.7. The molecule has 12 nitrogen and oxygen atoms in total. The van der Waals surface area contributed by atoms with Crippen molar-refractivity contribution in [2.75, 3.05) is 7.11 Å². The van der Waals surface area contributed by atoms with Crippen LogP contribution in [-0.4, -0.2) is 64.2 Å². The number of nitrogens with zero attached hydrogens (tertiary/aromatic N) is 7. The first-order valence-electron chi connectivity index (χ1n) is 16.2. The second kappa shape index (κ2) is 10.0. The van der Waals surface area contributed by atoms with Gasteiger partial charge in [-0.25, -0.2) is 19.4 Å². The number of quaternary nitrogens is 1. The standard InChI is InChI=1S/C34H33F2N9O3/c1-16(39-32(46)21-13-38-43(15-21)34(35)36)23-7-6-19-8-24(42(31(19)40-23)14-18-4-5-18)30-17(2)44-28(41-30)9-20(10-29(44)48-3)33(47)45-25-12-27(45)26(45)11-22(25)37/h6-10,13,15-16,18,22,25,34H,4-5,11-12,14,37H2,1-3H3/p+1/t16-,22-,25-,45?/m1/s1. The van der Waals surface area contributed by atoms with Gasteiger partial charge in [0.2, 0.25) is 0 Å². The molecule has 1 unspecified atom stereocenters. The summed E-state index contributed by atoms with van der Waals surface area (Å²) in [5.74, 6) is 0.575. The number of ether oxygens (including phenoxy) is 1. The molecule has 14 heteroatoms. The van der Waals surface area contributed by atoms with E-state index in [1.807, 2.05) is 35.6 Å². The topological polar surface area (TPSA) is 134 Å². The normalized spacial score (nSPS) is 23.1. The van der Waals surface area contributed by atoms with Gasteiger partial charge < -0.3 is 20.4 Å². The molecule has 1 saturated carbocycles. The van der Waals surface area contributed by atoms with Gasteiger partial charge in [0.15, 0.2) is 17.3 Å². The van der Waals surface area contributed by atoms with Gasteiger partial charge >= 0.3 is 12.5 Å². The number of aryl methyl sites for hydroxylation is 1. The second-order valence-electron chi connectivity index (χ2n) is 13.5. The molecule has 8 heterocycles. The van der Waals surface area contributed by atoms with Crippen LogP contribution in [0.1, 0.15) is 77.3 Å². The lowest BCUT2D eigenvalue weighted by molar-refractivity contribution is -0.756. The summed E-state index contributed by atoms with van der Waals surface area (Å²) in [6, 6.07) is 9.23. The Morgan fingerprint density at radius 1 is 1.12 bits per heavy atom. The van der Waals surface area contributed by atoms with E-state index in [0.717, 1.165) is 72.7 Å². The monoisotopic (exact) mass is 654 g/mol. The maximum atomic E-state index is 13.9. The van der Waals surface area contributed by atoms with Crippen LogP contribution >= 0.6 is 0 Å². The summed E-state index contributed by atoms with van der Waals surface area (Å²) in [4.78, 5) is 36.8. The number of fused-ring (bicyclic) bond motifs is 2. The van der Waals surface area contributed by atoms with Gasteiger partial charge in [0.1, 0.15) is 23.0 Å². The van der Waals surface area contributed by atoms with E-state index in [4.69, 9.17) is 20.4 Å². The van der Waals surface area contributed by atoms with E-state index >= 15 is 0 Å². The average molecular weight is 655 g/mol. The summed E-state index contributed by atoms with van der Waals surface area (Å²) in [6.07, 6.45) is 6.10. The molecule has 2 amide bonds. The van der Waals surface area contributed by atoms with Crippen LogP contribution in [0.15, 0.2) is 54.1 Å². The molecule has 1 aliphatic carbocycles. The minimum atomic E-state index is -2.83. The van der Waals surface area contributed by atoms with Crippen molar-refractivity contribution in [3.05, 3.63) is 76.6 Å². The Kier molecular flexibility index (Phi) is 6.10. The van der Waals surface area contributed by atoms with Crippen molar-refractivity contribution >= 4 is 28.5 Å². The van der Waals surface area contributed by atoms with E-state index in [-0.39, 0.29) is 23.6 Å². The number of methoxy groups -OCH3 is 1. The van der Waals surface area contributed by atoms with Crippen LogP contribution in [0, 0.1) is 12.8 Å². The number of imidazole rings is 1. The smallest absolute Gasteiger partial charge is 0.356 e. The van der Waals surface area contributed by atoms with Crippen LogP contribution in [0.3, 0.4) is 0 Å². The molecule has 3 aliphatic heterocycles. The van der Waals surface area contributed by atoms with E-state index in [2.05, 4.69) is 21.0 Å². The molecule has 9 rings (SSSR count). The lowest BCUT2D eigenvalue weighted by Crippen LogP contribution is -2.56. The lowest BCUT2D eigenvalue weighted by Gasteiger charge is -2.34. The van der Waals surface area contributed by atoms with Gasteiger partial charge in [-0.1, -0.05) is 0 Å². The predicted molar refractivity (Wildman–Crippen MR) is 170 cm³/mol. The number of carbonyl (C=O) groups is 2. The number of aromatic nitrogens is 6. The summed E-state index contributed by atoms with van der Waals surface area (Å²) in [5.41, 5.74) is 13.9. The van der Waals surface area contributed by atoms with Crippen molar-refractivity contribution < 1.29 is 27.6 Å². The summed E-state index contributed by atoms with van der Waals surface area (Å²) < 4.78 is 36.7. The van der Waals surface area contributed by atoms with E-state index < -0.39 is 18.5 Å². The van der Waals surface area contributed by atoms with Crippen molar-refractivity contribution in [2.45, 2.75) is 70.8 Å². The fraction of sp³-hybridized carbons (Fsp3) is 0.382. The number of amides is 2. The average Bonchev–Trinajstić information content (AvgIpc) is 3.64. The van der Waals surface area contributed by atoms with Crippen molar-refractivity contribution in [3.63, 3.8) is 0 Å². The number of pyridine rings is 2. The highest BCUT2D eigenvalue weighted by molar-refractivity contribution is 5.95. The van der Waals surface area contributed by atoms with Gasteiger partial charge in [0.25, 0.3) is 5.91 Å². The van der Waals surface area contributed by atoms with Gasteiger partial charge in [0.05, 0.1) is 66.4 Å². The fourth-order valence-corrected chi connectivity index (χ4v) is 7.93. The Balaban J connectivity index is 1.08. The first-order valence-corrected chi connectivity index (χ1v) is 16.2. The predicted octanol–water partition coefficient (Wildman–Crippen LogP) is 4.85.